The van der Waals surface area contributed by atoms with E-state index in [9.17, 15) is 4.79 Å². The van der Waals surface area contributed by atoms with Gasteiger partial charge < -0.3 is 9.64 Å². The zero-order valence-electron chi connectivity index (χ0n) is 9.03. The first kappa shape index (κ1) is 9.97. The minimum Gasteiger partial charge on any atom is -0.469 e. The van der Waals surface area contributed by atoms with Crippen molar-refractivity contribution in [2.24, 2.45) is 5.92 Å². The molecule has 0 aromatic heterocycles. The average Bonchev–Trinajstić information content (AvgIpc) is 2.16. The Labute approximate surface area is 85.4 Å². The van der Waals surface area contributed by atoms with E-state index in [2.05, 4.69) is 11.9 Å². The van der Waals surface area contributed by atoms with Crippen molar-refractivity contribution < 1.29 is 9.53 Å². The van der Waals surface area contributed by atoms with Gasteiger partial charge in [-0.1, -0.05) is 6.42 Å². The van der Waals surface area contributed by atoms with Gasteiger partial charge in [0.05, 0.1) is 13.0 Å². The molecule has 2 aliphatic rings. The molecule has 2 unspecified atom stereocenters. The average molecular weight is 197 g/mol. The molecule has 0 N–H and O–H groups in total. The van der Waals surface area contributed by atoms with Crippen LogP contribution in [-0.2, 0) is 9.53 Å². The van der Waals surface area contributed by atoms with Gasteiger partial charge in [-0.25, -0.2) is 0 Å². The van der Waals surface area contributed by atoms with Crippen LogP contribution in [0, 0.1) is 5.92 Å². The van der Waals surface area contributed by atoms with Crippen molar-refractivity contribution in [3.63, 3.8) is 0 Å². The predicted octanol–water partition coefficient (Wildman–Crippen LogP) is 1.42. The van der Waals surface area contributed by atoms with E-state index < -0.39 is 0 Å². The minimum absolute atomic E-state index is 0.00463. The summed E-state index contributed by atoms with van der Waals surface area (Å²) in [6.07, 6.45) is 5.83. The monoisotopic (exact) mass is 197 g/mol. The second-order valence-corrected chi connectivity index (χ2v) is 4.60. The molecule has 0 amide bonds. The Morgan fingerprint density at radius 3 is 2.36 bits per heavy atom. The van der Waals surface area contributed by atoms with Crippen molar-refractivity contribution in [3.05, 3.63) is 0 Å². The summed E-state index contributed by atoms with van der Waals surface area (Å²) in [7, 11) is 3.69. The summed E-state index contributed by atoms with van der Waals surface area (Å²) in [6, 6.07) is 1.23. The number of fused-ring (bicyclic) bond motifs is 2. The number of carbonyl (C=O) groups excluding carboxylic acids is 1. The van der Waals surface area contributed by atoms with Crippen LogP contribution in [0.2, 0.25) is 0 Å². The van der Waals surface area contributed by atoms with E-state index in [4.69, 9.17) is 4.74 Å². The molecule has 2 atom stereocenters. The van der Waals surface area contributed by atoms with Crippen LogP contribution in [0.15, 0.2) is 0 Å². The SMILES string of the molecule is COC(=O)C1CC2CCCC(C1)N2C. The molecular weight excluding hydrogens is 178 g/mol. The number of piperidine rings is 2. The molecule has 2 bridgehead atoms. The molecular formula is C11H19NO2. The normalized spacial score (nSPS) is 38.0. The zero-order chi connectivity index (χ0) is 10.1. The van der Waals surface area contributed by atoms with Crippen LogP contribution in [-0.4, -0.2) is 37.1 Å². The minimum atomic E-state index is -0.00463. The van der Waals surface area contributed by atoms with Crippen molar-refractivity contribution in [2.45, 2.75) is 44.2 Å². The van der Waals surface area contributed by atoms with E-state index in [1.54, 1.807) is 0 Å². The van der Waals surface area contributed by atoms with Crippen molar-refractivity contribution >= 4 is 5.97 Å². The number of methoxy groups -OCH3 is 1. The molecule has 80 valence electrons. The van der Waals surface area contributed by atoms with E-state index in [1.807, 2.05) is 0 Å². The van der Waals surface area contributed by atoms with E-state index >= 15 is 0 Å². The summed E-state index contributed by atoms with van der Waals surface area (Å²) >= 11 is 0. The van der Waals surface area contributed by atoms with E-state index in [0.717, 1.165) is 12.8 Å². The third kappa shape index (κ3) is 1.65. The topological polar surface area (TPSA) is 29.5 Å². The second-order valence-electron chi connectivity index (χ2n) is 4.60. The summed E-state index contributed by atoms with van der Waals surface area (Å²) in [6.45, 7) is 0. The van der Waals surface area contributed by atoms with Crippen LogP contribution in [0.3, 0.4) is 0 Å². The fraction of sp³-hybridized carbons (Fsp3) is 0.909. The Bertz CT molecular complexity index is 215. The Balaban J connectivity index is 2.03. The maximum absolute atomic E-state index is 11.5. The highest BCUT2D eigenvalue weighted by molar-refractivity contribution is 5.72. The third-order valence-electron chi connectivity index (χ3n) is 3.87. The Morgan fingerprint density at radius 2 is 1.86 bits per heavy atom. The molecule has 14 heavy (non-hydrogen) atoms. The van der Waals surface area contributed by atoms with Gasteiger partial charge in [-0.3, -0.25) is 4.79 Å². The number of hydrogen-bond acceptors (Lipinski definition) is 3. The van der Waals surface area contributed by atoms with Gasteiger partial charge in [-0.05, 0) is 32.7 Å². The molecule has 0 aromatic carbocycles. The molecule has 2 rings (SSSR count). The molecule has 3 heteroatoms. The lowest BCUT2D eigenvalue weighted by Crippen LogP contribution is -2.51. The number of esters is 1. The Morgan fingerprint density at radius 1 is 1.29 bits per heavy atom. The Hall–Kier alpha value is -0.570. The zero-order valence-corrected chi connectivity index (χ0v) is 9.03. The van der Waals surface area contributed by atoms with Crippen LogP contribution >= 0.6 is 0 Å². The first-order valence-electron chi connectivity index (χ1n) is 5.52. The lowest BCUT2D eigenvalue weighted by Gasteiger charge is -2.46. The molecule has 0 spiro atoms. The van der Waals surface area contributed by atoms with Crippen molar-refractivity contribution in [1.82, 2.24) is 4.90 Å². The molecule has 0 saturated carbocycles. The fourth-order valence-electron chi connectivity index (χ4n) is 2.97. The van der Waals surface area contributed by atoms with Crippen molar-refractivity contribution in [3.8, 4) is 0 Å². The summed E-state index contributed by atoms with van der Waals surface area (Å²) in [5.41, 5.74) is 0. The number of hydrogen-bond donors (Lipinski definition) is 0. The second kappa shape index (κ2) is 3.89. The molecule has 2 fully saturated rings. The maximum Gasteiger partial charge on any atom is 0.308 e. The van der Waals surface area contributed by atoms with Gasteiger partial charge in [-0.2, -0.15) is 0 Å². The van der Waals surface area contributed by atoms with Crippen LogP contribution in [0.25, 0.3) is 0 Å². The number of carbonyl (C=O) groups is 1. The number of nitrogens with zero attached hydrogens (tertiary/aromatic N) is 1. The quantitative estimate of drug-likeness (QED) is 0.595. The first-order chi connectivity index (χ1) is 6.72. The maximum atomic E-state index is 11.5. The predicted molar refractivity (Wildman–Crippen MR) is 53.9 cm³/mol. The van der Waals surface area contributed by atoms with Crippen LogP contribution < -0.4 is 0 Å². The molecule has 2 aliphatic heterocycles. The summed E-state index contributed by atoms with van der Waals surface area (Å²) in [5.74, 6) is 0.154. The standard InChI is InChI=1S/C11H19NO2/c1-12-9-4-3-5-10(12)7-8(6-9)11(13)14-2/h8-10H,3-7H2,1-2H3. The highest BCUT2D eigenvalue weighted by atomic mass is 16.5. The Kier molecular flexibility index (Phi) is 2.77. The highest BCUT2D eigenvalue weighted by Gasteiger charge is 2.38. The first-order valence-corrected chi connectivity index (χ1v) is 5.52. The lowest BCUT2D eigenvalue weighted by molar-refractivity contribution is -0.149. The molecule has 0 aromatic rings. The van der Waals surface area contributed by atoms with Crippen LogP contribution in [0.1, 0.15) is 32.1 Å². The fourth-order valence-corrected chi connectivity index (χ4v) is 2.97. The summed E-state index contributed by atoms with van der Waals surface area (Å²) < 4.78 is 4.83. The number of ether oxygens (including phenoxy) is 1. The smallest absolute Gasteiger partial charge is 0.308 e. The van der Waals surface area contributed by atoms with E-state index in [-0.39, 0.29) is 11.9 Å². The van der Waals surface area contributed by atoms with Gasteiger partial charge in [0.1, 0.15) is 0 Å². The van der Waals surface area contributed by atoms with Gasteiger partial charge >= 0.3 is 5.97 Å². The van der Waals surface area contributed by atoms with E-state index in [0.29, 0.717) is 12.1 Å². The van der Waals surface area contributed by atoms with E-state index in [1.165, 1.54) is 26.4 Å². The molecule has 2 heterocycles. The summed E-state index contributed by atoms with van der Waals surface area (Å²) in [4.78, 5) is 13.9. The van der Waals surface area contributed by atoms with Gasteiger partial charge in [-0.15, -0.1) is 0 Å². The van der Waals surface area contributed by atoms with Gasteiger partial charge in [0, 0.05) is 12.1 Å². The third-order valence-corrected chi connectivity index (χ3v) is 3.87. The van der Waals surface area contributed by atoms with Gasteiger partial charge in [0.25, 0.3) is 0 Å². The van der Waals surface area contributed by atoms with Crippen LogP contribution in [0.4, 0.5) is 0 Å². The summed E-state index contributed by atoms with van der Waals surface area (Å²) in [5, 5.41) is 0. The molecule has 2 saturated heterocycles. The highest BCUT2D eigenvalue weighted by Crippen LogP contribution is 2.36. The van der Waals surface area contributed by atoms with Crippen molar-refractivity contribution in [1.29, 1.82) is 0 Å². The number of rotatable bonds is 1. The lowest BCUT2D eigenvalue weighted by atomic mass is 9.79. The molecule has 0 aliphatic carbocycles. The van der Waals surface area contributed by atoms with Gasteiger partial charge in [0.15, 0.2) is 0 Å². The van der Waals surface area contributed by atoms with Crippen molar-refractivity contribution in [2.75, 3.05) is 14.2 Å². The largest absolute Gasteiger partial charge is 0.469 e. The molecule has 3 nitrogen and oxygen atoms in total. The van der Waals surface area contributed by atoms with Gasteiger partial charge in [0.2, 0.25) is 0 Å². The molecule has 0 radical (unpaired) electrons. The van der Waals surface area contributed by atoms with Crippen LogP contribution in [0.5, 0.6) is 0 Å².